The molecule has 5 heteroatoms. The third kappa shape index (κ3) is 3.27. The maximum atomic E-state index is 11.0. The fourth-order valence-corrected chi connectivity index (χ4v) is 2.24. The summed E-state index contributed by atoms with van der Waals surface area (Å²) in [5.74, 6) is 4.83. The first-order valence-corrected chi connectivity index (χ1v) is 6.46. The molecule has 0 aromatic heterocycles. The molecule has 0 fully saturated rings. The van der Waals surface area contributed by atoms with Gasteiger partial charge in [-0.25, -0.2) is 10.2 Å². The van der Waals surface area contributed by atoms with Crippen molar-refractivity contribution in [1.29, 1.82) is 0 Å². The number of hydrogen-bond acceptors (Lipinski definition) is 4. The molecule has 1 rings (SSSR count). The maximum Gasteiger partial charge on any atom is 0.208 e. The van der Waals surface area contributed by atoms with Gasteiger partial charge >= 0.3 is 0 Å². The molecule has 0 amide bonds. The van der Waals surface area contributed by atoms with E-state index in [4.69, 9.17) is 6.42 Å². The average Bonchev–Trinajstić information content (AvgIpc) is 2.55. The lowest BCUT2D eigenvalue weighted by Crippen LogP contribution is -2.40. The lowest BCUT2D eigenvalue weighted by atomic mass is 10.2. The number of halogens is 1. The second-order valence-electron chi connectivity index (χ2n) is 3.71. The van der Waals surface area contributed by atoms with Gasteiger partial charge in [-0.05, 0) is 18.4 Å². The predicted octanol–water partition coefficient (Wildman–Crippen LogP) is 1.66. The first-order chi connectivity index (χ1) is 8.67. The summed E-state index contributed by atoms with van der Waals surface area (Å²) in [5.41, 5.74) is 6.53. The standard InChI is InChI=1S/C13H16BrN3O/c1-4-10-8-17(13(9-18)16-15-3)11(5-2)6-7-12(10)14/h2,7-8,11,15-16H,4,6H2,1,3H3. The van der Waals surface area contributed by atoms with Gasteiger partial charge in [0.25, 0.3) is 0 Å². The number of nitrogens with one attached hydrogen (secondary N) is 2. The summed E-state index contributed by atoms with van der Waals surface area (Å²) >= 11 is 3.51. The summed E-state index contributed by atoms with van der Waals surface area (Å²) in [5, 5.41) is 0. The zero-order chi connectivity index (χ0) is 13.5. The van der Waals surface area contributed by atoms with Gasteiger partial charge in [0.2, 0.25) is 5.82 Å². The molecule has 0 aromatic carbocycles. The molecule has 2 N–H and O–H groups in total. The fraction of sp³-hybridized carbons (Fsp3) is 0.385. The number of terminal acetylenes is 1. The molecule has 0 aliphatic carbocycles. The third-order valence-electron chi connectivity index (χ3n) is 2.63. The Morgan fingerprint density at radius 1 is 1.72 bits per heavy atom. The van der Waals surface area contributed by atoms with Crippen LogP contribution in [0.2, 0.25) is 0 Å². The number of hydrazine groups is 1. The van der Waals surface area contributed by atoms with E-state index in [0.717, 1.165) is 16.5 Å². The SMILES string of the molecule is C#CC1CC=C(Br)C(CC)=CN1C(=C=O)NNC. The van der Waals surface area contributed by atoms with Crippen molar-refractivity contribution in [2.45, 2.75) is 25.8 Å². The first-order valence-electron chi connectivity index (χ1n) is 5.66. The van der Waals surface area contributed by atoms with Crippen LogP contribution in [0, 0.1) is 12.3 Å². The molecule has 4 nitrogen and oxygen atoms in total. The lowest BCUT2D eigenvalue weighted by molar-refractivity contribution is 0.364. The second kappa shape index (κ2) is 7.07. The molecule has 1 unspecified atom stereocenters. The predicted molar refractivity (Wildman–Crippen MR) is 75.9 cm³/mol. The van der Waals surface area contributed by atoms with E-state index in [1.807, 2.05) is 25.1 Å². The van der Waals surface area contributed by atoms with Gasteiger partial charge in [0.1, 0.15) is 0 Å². The van der Waals surface area contributed by atoms with Crippen LogP contribution in [0.15, 0.2) is 28.2 Å². The van der Waals surface area contributed by atoms with Gasteiger partial charge in [-0.1, -0.05) is 34.9 Å². The van der Waals surface area contributed by atoms with E-state index in [9.17, 15) is 4.79 Å². The lowest BCUT2D eigenvalue weighted by Gasteiger charge is -2.26. The highest BCUT2D eigenvalue weighted by molar-refractivity contribution is 9.12. The van der Waals surface area contributed by atoms with Gasteiger partial charge in [0.05, 0.1) is 6.04 Å². The van der Waals surface area contributed by atoms with Crippen molar-refractivity contribution in [2.75, 3.05) is 7.05 Å². The highest BCUT2D eigenvalue weighted by atomic mass is 79.9. The zero-order valence-electron chi connectivity index (χ0n) is 10.5. The smallest absolute Gasteiger partial charge is 0.208 e. The molecule has 0 saturated carbocycles. The van der Waals surface area contributed by atoms with E-state index < -0.39 is 0 Å². The van der Waals surface area contributed by atoms with Crippen molar-refractivity contribution in [2.24, 2.45) is 0 Å². The summed E-state index contributed by atoms with van der Waals surface area (Å²) in [6, 6.07) is -0.209. The number of hydrogen-bond donors (Lipinski definition) is 2. The van der Waals surface area contributed by atoms with Crippen molar-refractivity contribution < 1.29 is 4.79 Å². The van der Waals surface area contributed by atoms with Gasteiger partial charge < -0.3 is 4.90 Å². The Bertz CT molecular complexity index is 455. The number of allylic oxidation sites excluding steroid dienone is 2. The third-order valence-corrected chi connectivity index (χ3v) is 3.46. The molecule has 0 aromatic rings. The van der Waals surface area contributed by atoms with Crippen LogP contribution in [0.25, 0.3) is 0 Å². The van der Waals surface area contributed by atoms with Crippen LogP contribution < -0.4 is 10.9 Å². The largest absolute Gasteiger partial charge is 0.310 e. The van der Waals surface area contributed by atoms with E-state index in [0.29, 0.717) is 6.42 Å². The van der Waals surface area contributed by atoms with Crippen LogP contribution in [-0.2, 0) is 4.79 Å². The molecule has 18 heavy (non-hydrogen) atoms. The van der Waals surface area contributed by atoms with Crippen LogP contribution in [-0.4, -0.2) is 23.9 Å². The van der Waals surface area contributed by atoms with Gasteiger partial charge in [0, 0.05) is 17.7 Å². The zero-order valence-corrected chi connectivity index (χ0v) is 12.0. The fourth-order valence-electron chi connectivity index (χ4n) is 1.67. The van der Waals surface area contributed by atoms with E-state index in [-0.39, 0.29) is 11.9 Å². The van der Waals surface area contributed by atoms with Crippen molar-refractivity contribution in [1.82, 2.24) is 15.8 Å². The second-order valence-corrected chi connectivity index (χ2v) is 4.57. The van der Waals surface area contributed by atoms with Gasteiger partial charge in [0.15, 0.2) is 5.94 Å². The molecular formula is C13H16BrN3O. The maximum absolute atomic E-state index is 11.0. The molecule has 1 atom stereocenters. The molecule has 0 radical (unpaired) electrons. The van der Waals surface area contributed by atoms with Crippen LogP contribution >= 0.6 is 15.9 Å². The molecule has 1 heterocycles. The van der Waals surface area contributed by atoms with Crippen molar-refractivity contribution in [3.8, 4) is 12.3 Å². The number of rotatable bonds is 4. The molecule has 0 saturated heterocycles. The van der Waals surface area contributed by atoms with Gasteiger partial charge in [-0.2, -0.15) is 0 Å². The van der Waals surface area contributed by atoms with Crippen LogP contribution in [0.5, 0.6) is 0 Å². The van der Waals surface area contributed by atoms with Gasteiger partial charge in [-0.15, -0.1) is 6.42 Å². The average molecular weight is 310 g/mol. The van der Waals surface area contributed by atoms with E-state index in [2.05, 4.69) is 32.7 Å². The normalized spacial score (nSPS) is 19.0. The monoisotopic (exact) mass is 309 g/mol. The van der Waals surface area contributed by atoms with E-state index in [1.165, 1.54) is 0 Å². The van der Waals surface area contributed by atoms with Crippen molar-refractivity contribution in [3.63, 3.8) is 0 Å². The summed E-state index contributed by atoms with van der Waals surface area (Å²) in [4.78, 5) is 12.7. The molecule has 1 aliphatic heterocycles. The Morgan fingerprint density at radius 2 is 2.44 bits per heavy atom. The minimum Gasteiger partial charge on any atom is -0.310 e. The molecule has 0 spiro atoms. The Morgan fingerprint density at radius 3 is 2.94 bits per heavy atom. The summed E-state index contributed by atoms with van der Waals surface area (Å²) in [6.45, 7) is 2.05. The van der Waals surface area contributed by atoms with E-state index in [1.54, 1.807) is 11.9 Å². The van der Waals surface area contributed by atoms with Gasteiger partial charge in [-0.3, -0.25) is 5.43 Å². The Kier molecular flexibility index (Phi) is 5.73. The topological polar surface area (TPSA) is 44.4 Å². The van der Waals surface area contributed by atoms with Crippen LogP contribution in [0.4, 0.5) is 0 Å². The first kappa shape index (κ1) is 14.6. The van der Waals surface area contributed by atoms with Crippen LogP contribution in [0.1, 0.15) is 19.8 Å². The molecule has 1 aliphatic rings. The molecule has 0 bridgehead atoms. The summed E-state index contributed by atoms with van der Waals surface area (Å²) < 4.78 is 1.02. The Labute approximate surface area is 116 Å². The quantitative estimate of drug-likeness (QED) is 0.471. The minimum absolute atomic E-state index is 0.209. The summed E-state index contributed by atoms with van der Waals surface area (Å²) in [7, 11) is 1.68. The van der Waals surface area contributed by atoms with Crippen molar-refractivity contribution >= 4 is 21.9 Å². The Hall–Kier alpha value is -1.47. The molecule has 96 valence electrons. The highest BCUT2D eigenvalue weighted by Crippen LogP contribution is 2.27. The number of nitrogens with zero attached hydrogens (tertiary/aromatic N) is 1. The molecular weight excluding hydrogens is 294 g/mol. The van der Waals surface area contributed by atoms with Crippen LogP contribution in [0.3, 0.4) is 0 Å². The van der Waals surface area contributed by atoms with Crippen molar-refractivity contribution in [3.05, 3.63) is 28.2 Å². The Balaban J connectivity index is 3.16. The highest BCUT2D eigenvalue weighted by Gasteiger charge is 2.21. The van der Waals surface area contributed by atoms with E-state index >= 15 is 0 Å². The minimum atomic E-state index is -0.209. The summed E-state index contributed by atoms with van der Waals surface area (Å²) in [6.07, 6.45) is 10.9. The number of carbonyl (C=O) groups excluding carboxylic acids is 1.